The highest BCUT2D eigenvalue weighted by Gasteiger charge is 2.19. The summed E-state index contributed by atoms with van der Waals surface area (Å²) in [6.07, 6.45) is 2.37. The fraction of sp³-hybridized carbons (Fsp3) is 0.444. The Balaban J connectivity index is 3.35. The van der Waals surface area contributed by atoms with Gasteiger partial charge in [-0.15, -0.1) is 0 Å². The molecule has 0 amide bonds. The number of benzene rings is 1. The summed E-state index contributed by atoms with van der Waals surface area (Å²) in [5.41, 5.74) is 0.579. The first-order chi connectivity index (χ1) is 11.5. The fourth-order valence-electron chi connectivity index (χ4n) is 2.07. The maximum Gasteiger partial charge on any atom is 0.341 e. The summed E-state index contributed by atoms with van der Waals surface area (Å²) < 4.78 is 20.9. The number of carbonyl (C=O) groups is 2. The van der Waals surface area contributed by atoms with Crippen LogP contribution in [0.4, 0.5) is 0 Å². The average molecular weight is 336 g/mol. The molecule has 0 fully saturated rings. The van der Waals surface area contributed by atoms with E-state index in [1.165, 1.54) is 27.4 Å². The molecule has 6 heteroatoms. The van der Waals surface area contributed by atoms with Crippen LogP contribution in [0, 0.1) is 0 Å². The van der Waals surface area contributed by atoms with Crippen LogP contribution < -0.4 is 14.2 Å². The summed E-state index contributed by atoms with van der Waals surface area (Å²) in [6.45, 7) is 3.85. The van der Waals surface area contributed by atoms with Crippen LogP contribution >= 0.6 is 0 Å². The first kappa shape index (κ1) is 19.5. The minimum atomic E-state index is -0.627. The van der Waals surface area contributed by atoms with E-state index >= 15 is 0 Å². The summed E-state index contributed by atoms with van der Waals surface area (Å²) in [4.78, 5) is 24.2. The second-order valence-corrected chi connectivity index (χ2v) is 4.93. The van der Waals surface area contributed by atoms with Crippen molar-refractivity contribution < 1.29 is 28.5 Å². The zero-order valence-electron chi connectivity index (χ0n) is 14.8. The lowest BCUT2D eigenvalue weighted by Gasteiger charge is -2.13. The zero-order chi connectivity index (χ0) is 18.1. The lowest BCUT2D eigenvalue weighted by Crippen LogP contribution is -2.15. The third kappa shape index (κ3) is 4.75. The van der Waals surface area contributed by atoms with E-state index in [0.717, 1.165) is 0 Å². The van der Waals surface area contributed by atoms with Crippen molar-refractivity contribution in [1.82, 2.24) is 0 Å². The molecule has 0 aromatic heterocycles. The van der Waals surface area contributed by atoms with Crippen molar-refractivity contribution in [2.75, 3.05) is 27.9 Å². The van der Waals surface area contributed by atoms with Gasteiger partial charge in [0.15, 0.2) is 17.3 Å². The quantitative estimate of drug-likeness (QED) is 0.299. The zero-order valence-corrected chi connectivity index (χ0v) is 14.8. The predicted octanol–water partition coefficient (Wildman–Crippen LogP) is 3.03. The summed E-state index contributed by atoms with van der Waals surface area (Å²) >= 11 is 0. The second-order valence-electron chi connectivity index (χ2n) is 4.93. The van der Waals surface area contributed by atoms with Gasteiger partial charge in [0.2, 0.25) is 5.75 Å². The Labute approximate surface area is 142 Å². The Morgan fingerprint density at radius 3 is 2.00 bits per heavy atom. The predicted molar refractivity (Wildman–Crippen MR) is 90.6 cm³/mol. The molecule has 132 valence electrons. The molecule has 0 spiro atoms. The first-order valence-electron chi connectivity index (χ1n) is 7.74. The van der Waals surface area contributed by atoms with Crippen molar-refractivity contribution in [2.24, 2.45) is 0 Å². The topological polar surface area (TPSA) is 71.1 Å². The van der Waals surface area contributed by atoms with Crippen LogP contribution in [0.2, 0.25) is 0 Å². The van der Waals surface area contributed by atoms with Gasteiger partial charge in [-0.2, -0.15) is 0 Å². The van der Waals surface area contributed by atoms with E-state index in [-0.39, 0.29) is 24.4 Å². The highest BCUT2D eigenvalue weighted by Crippen LogP contribution is 2.38. The van der Waals surface area contributed by atoms with Crippen molar-refractivity contribution in [1.29, 1.82) is 0 Å². The van der Waals surface area contributed by atoms with Gasteiger partial charge in [-0.25, -0.2) is 4.79 Å². The molecule has 0 atom stereocenters. The standard InChI is InChI=1S/C18H24O6/c1-6-8-24-18(20)13(14(19)7-2)9-12-10-15(21-3)17(23-5)16(11-12)22-4/h9-11H,6-8H2,1-5H3/b13-9+. The molecule has 6 nitrogen and oxygen atoms in total. The van der Waals surface area contributed by atoms with Gasteiger partial charge in [0.1, 0.15) is 5.57 Å². The number of ether oxygens (including phenoxy) is 4. The number of rotatable bonds is 9. The molecule has 0 heterocycles. The molecule has 0 aliphatic carbocycles. The Hall–Kier alpha value is -2.50. The molecule has 0 N–H and O–H groups in total. The third-order valence-electron chi connectivity index (χ3n) is 3.28. The summed E-state index contributed by atoms with van der Waals surface area (Å²) in [6, 6.07) is 3.33. The number of hydrogen-bond donors (Lipinski definition) is 0. The number of methoxy groups -OCH3 is 3. The van der Waals surface area contributed by atoms with E-state index in [1.54, 1.807) is 19.1 Å². The van der Waals surface area contributed by atoms with Crippen molar-refractivity contribution in [3.8, 4) is 17.2 Å². The average Bonchev–Trinajstić information content (AvgIpc) is 2.62. The monoisotopic (exact) mass is 336 g/mol. The van der Waals surface area contributed by atoms with Gasteiger partial charge in [0.25, 0.3) is 0 Å². The summed E-state index contributed by atoms with van der Waals surface area (Å²) in [7, 11) is 4.50. The molecule has 0 bridgehead atoms. The molecule has 1 aromatic carbocycles. The highest BCUT2D eigenvalue weighted by atomic mass is 16.5. The van der Waals surface area contributed by atoms with Crippen molar-refractivity contribution in [2.45, 2.75) is 26.7 Å². The molecule has 24 heavy (non-hydrogen) atoms. The van der Waals surface area contributed by atoms with E-state index in [2.05, 4.69) is 0 Å². The minimum absolute atomic E-state index is 0.000206. The molecule has 0 saturated carbocycles. The number of ketones is 1. The van der Waals surface area contributed by atoms with Crippen LogP contribution in [0.3, 0.4) is 0 Å². The molecule has 1 rings (SSSR count). The largest absolute Gasteiger partial charge is 0.493 e. The molecule has 0 unspecified atom stereocenters. The van der Waals surface area contributed by atoms with Crippen molar-refractivity contribution in [3.63, 3.8) is 0 Å². The Morgan fingerprint density at radius 1 is 1.00 bits per heavy atom. The van der Waals surface area contributed by atoms with E-state index in [1.807, 2.05) is 6.92 Å². The van der Waals surface area contributed by atoms with Crippen LogP contribution in [0.15, 0.2) is 17.7 Å². The molecule has 0 radical (unpaired) electrons. The van der Waals surface area contributed by atoms with Crippen LogP contribution in [0.5, 0.6) is 17.2 Å². The molecule has 0 aliphatic heterocycles. The molecule has 0 saturated heterocycles. The third-order valence-corrected chi connectivity index (χ3v) is 3.28. The smallest absolute Gasteiger partial charge is 0.341 e. The van der Waals surface area contributed by atoms with E-state index < -0.39 is 5.97 Å². The van der Waals surface area contributed by atoms with Gasteiger partial charge in [-0.1, -0.05) is 13.8 Å². The fourth-order valence-corrected chi connectivity index (χ4v) is 2.07. The number of carbonyl (C=O) groups excluding carboxylic acids is 2. The minimum Gasteiger partial charge on any atom is -0.493 e. The number of Topliss-reactive ketones (excluding diaryl/α,β-unsaturated/α-hetero) is 1. The molecular formula is C18H24O6. The van der Waals surface area contributed by atoms with Gasteiger partial charge >= 0.3 is 5.97 Å². The van der Waals surface area contributed by atoms with Crippen LogP contribution in [0.1, 0.15) is 32.3 Å². The van der Waals surface area contributed by atoms with Crippen molar-refractivity contribution >= 4 is 17.8 Å². The SMILES string of the molecule is CCCOC(=O)/C(=C/c1cc(OC)c(OC)c(OC)c1)C(=O)CC. The van der Waals surface area contributed by atoms with Crippen LogP contribution in [0.25, 0.3) is 6.08 Å². The van der Waals surface area contributed by atoms with E-state index in [9.17, 15) is 9.59 Å². The summed E-state index contributed by atoms with van der Waals surface area (Å²) in [5, 5.41) is 0. The lowest BCUT2D eigenvalue weighted by atomic mass is 10.0. The normalized spacial score (nSPS) is 11.0. The molecular weight excluding hydrogens is 312 g/mol. The van der Waals surface area contributed by atoms with Gasteiger partial charge in [0.05, 0.1) is 27.9 Å². The highest BCUT2D eigenvalue weighted by molar-refractivity contribution is 6.20. The molecule has 1 aromatic rings. The van der Waals surface area contributed by atoms with Gasteiger partial charge in [0, 0.05) is 6.42 Å². The van der Waals surface area contributed by atoms with Crippen LogP contribution in [-0.4, -0.2) is 39.7 Å². The van der Waals surface area contributed by atoms with Crippen LogP contribution in [-0.2, 0) is 14.3 Å². The Bertz CT molecular complexity index is 593. The first-order valence-corrected chi connectivity index (χ1v) is 7.74. The van der Waals surface area contributed by atoms with Gasteiger partial charge in [-0.05, 0) is 30.2 Å². The number of hydrogen-bond acceptors (Lipinski definition) is 6. The summed E-state index contributed by atoms with van der Waals surface area (Å²) in [5.74, 6) is 0.401. The van der Waals surface area contributed by atoms with Gasteiger partial charge in [-0.3, -0.25) is 4.79 Å². The second kappa shape index (κ2) is 9.60. The Kier molecular flexibility index (Phi) is 7.82. The maximum atomic E-state index is 12.1. The van der Waals surface area contributed by atoms with E-state index in [0.29, 0.717) is 29.2 Å². The maximum absolute atomic E-state index is 12.1. The van der Waals surface area contributed by atoms with Gasteiger partial charge < -0.3 is 18.9 Å². The number of esters is 1. The van der Waals surface area contributed by atoms with Crippen molar-refractivity contribution in [3.05, 3.63) is 23.3 Å². The van der Waals surface area contributed by atoms with E-state index in [4.69, 9.17) is 18.9 Å². The lowest BCUT2D eigenvalue weighted by molar-refractivity contribution is -0.140. The molecule has 0 aliphatic rings. The Morgan fingerprint density at radius 2 is 1.58 bits per heavy atom.